The molecule has 0 saturated carbocycles. The second-order valence-corrected chi connectivity index (χ2v) is 9.62. The molecule has 0 radical (unpaired) electrons. The third-order valence-corrected chi connectivity index (χ3v) is 5.83. The molecule has 0 unspecified atom stereocenters. The molecule has 1 saturated heterocycles. The molecule has 0 aliphatic carbocycles. The van der Waals surface area contributed by atoms with Gasteiger partial charge in [0, 0.05) is 25.0 Å². The molecular weight excluding hydrogens is 372 g/mol. The molecule has 6 heteroatoms. The second-order valence-electron chi connectivity index (χ2n) is 8.56. The van der Waals surface area contributed by atoms with Crippen LogP contribution < -0.4 is 4.90 Å². The number of methoxy groups -OCH3 is 1. The minimum atomic E-state index is -0.391. The molecule has 154 valence electrons. The summed E-state index contributed by atoms with van der Waals surface area (Å²) in [6, 6.07) is 1.79. The maximum absolute atomic E-state index is 13.2. The van der Waals surface area contributed by atoms with Crippen LogP contribution in [0.4, 0.5) is 5.69 Å². The lowest BCUT2D eigenvalue weighted by Crippen LogP contribution is -2.48. The predicted octanol–water partition coefficient (Wildman–Crippen LogP) is 4.16. The number of ether oxygens (including phenoxy) is 1. The van der Waals surface area contributed by atoms with E-state index < -0.39 is 5.97 Å². The van der Waals surface area contributed by atoms with E-state index in [1.165, 1.54) is 18.4 Å². The lowest BCUT2D eigenvalue weighted by Gasteiger charge is -2.33. The van der Waals surface area contributed by atoms with Gasteiger partial charge in [-0.25, -0.2) is 4.79 Å². The molecule has 1 aromatic rings. The van der Waals surface area contributed by atoms with Gasteiger partial charge in [-0.05, 0) is 59.9 Å². The summed E-state index contributed by atoms with van der Waals surface area (Å²) in [7, 11) is 3.27. The minimum Gasteiger partial charge on any atom is -0.465 e. The largest absolute Gasteiger partial charge is 0.465 e. The zero-order valence-corrected chi connectivity index (χ0v) is 18.9. The summed E-state index contributed by atoms with van der Waals surface area (Å²) in [5, 5.41) is 0. The Labute approximate surface area is 173 Å². The van der Waals surface area contributed by atoms with Gasteiger partial charge in [-0.3, -0.25) is 4.79 Å². The van der Waals surface area contributed by atoms with Gasteiger partial charge in [-0.15, -0.1) is 11.3 Å². The van der Waals surface area contributed by atoms with Gasteiger partial charge in [0.25, 0.3) is 0 Å². The zero-order chi connectivity index (χ0) is 21.1. The topological polar surface area (TPSA) is 49.9 Å². The van der Waals surface area contributed by atoms with E-state index in [0.717, 1.165) is 36.4 Å². The third-order valence-electron chi connectivity index (χ3n) is 4.81. The number of nitrogens with zero attached hydrogens (tertiary/aromatic N) is 2. The van der Waals surface area contributed by atoms with Crippen LogP contribution in [0, 0.1) is 17.3 Å². The van der Waals surface area contributed by atoms with Crippen molar-refractivity contribution in [3.05, 3.63) is 15.8 Å². The number of esters is 1. The third kappa shape index (κ3) is 5.29. The van der Waals surface area contributed by atoms with Crippen LogP contribution in [0.1, 0.15) is 68.4 Å². The maximum atomic E-state index is 13.2. The molecule has 1 aliphatic heterocycles. The van der Waals surface area contributed by atoms with Crippen molar-refractivity contribution in [1.29, 1.82) is 0 Å². The highest BCUT2D eigenvalue weighted by atomic mass is 32.1. The molecule has 0 spiro atoms. The number of thiophene rings is 1. The lowest BCUT2D eigenvalue weighted by molar-refractivity contribution is -0.133. The van der Waals surface area contributed by atoms with E-state index in [1.54, 1.807) is 0 Å². The predicted molar refractivity (Wildman–Crippen MR) is 115 cm³/mol. The summed E-state index contributed by atoms with van der Waals surface area (Å²) in [5.41, 5.74) is 0.593. The number of likely N-dealkylation sites (tertiary alicyclic amines) is 1. The van der Waals surface area contributed by atoms with Crippen molar-refractivity contribution in [2.45, 2.75) is 66.0 Å². The van der Waals surface area contributed by atoms with E-state index in [1.807, 2.05) is 57.5 Å². The number of likely N-dealkylation sites (N-methyl/N-ethyl adjacent to an activating group) is 1. The number of hydrogen-bond acceptors (Lipinski definition) is 5. The first-order valence-corrected chi connectivity index (χ1v) is 10.7. The van der Waals surface area contributed by atoms with Gasteiger partial charge in [-0.1, -0.05) is 11.8 Å². The first kappa shape index (κ1) is 22.3. The monoisotopic (exact) mass is 404 g/mol. The Bertz CT molecular complexity index is 780. The Morgan fingerprint density at radius 2 is 2.04 bits per heavy atom. The average Bonchev–Trinajstić information content (AvgIpc) is 2.95. The molecule has 1 fully saturated rings. The molecule has 5 nitrogen and oxygen atoms in total. The van der Waals surface area contributed by atoms with E-state index in [0.29, 0.717) is 4.88 Å². The fourth-order valence-electron chi connectivity index (χ4n) is 3.28. The first-order valence-electron chi connectivity index (χ1n) is 9.83. The number of rotatable bonds is 4. The summed E-state index contributed by atoms with van der Waals surface area (Å²) in [6.07, 6.45) is 2.76. The average molecular weight is 405 g/mol. The quantitative estimate of drug-likeness (QED) is 0.559. The van der Waals surface area contributed by atoms with Gasteiger partial charge in [0.1, 0.15) is 10.9 Å². The number of hydrogen-bond donors (Lipinski definition) is 0. The van der Waals surface area contributed by atoms with E-state index in [-0.39, 0.29) is 23.4 Å². The molecule has 0 aromatic carbocycles. The molecule has 2 rings (SSSR count). The number of anilines is 1. The van der Waals surface area contributed by atoms with Crippen molar-refractivity contribution in [2.75, 3.05) is 25.6 Å². The summed E-state index contributed by atoms with van der Waals surface area (Å²) in [6.45, 7) is 11.0. The lowest BCUT2D eigenvalue weighted by atomic mass is 9.98. The zero-order valence-electron chi connectivity index (χ0n) is 18.1. The standard InChI is InChI=1S/C22H32N2O3S/c1-15(2)24-13-9-8-10-17(20(24)25)23(6)18-14-16(11-12-22(3,4)5)28-19(18)21(26)27-7/h14-15,17H,8-10,13H2,1-7H3/t17-/m1/s1. The van der Waals surface area contributed by atoms with Crippen molar-refractivity contribution in [3.63, 3.8) is 0 Å². The van der Waals surface area contributed by atoms with Gasteiger partial charge in [0.15, 0.2) is 0 Å². The van der Waals surface area contributed by atoms with E-state index in [2.05, 4.69) is 11.8 Å². The molecule has 1 atom stereocenters. The van der Waals surface area contributed by atoms with Crippen LogP contribution in [0.25, 0.3) is 0 Å². The molecular formula is C22H32N2O3S. The number of carbonyl (C=O) groups excluding carboxylic acids is 2. The Balaban J connectivity index is 2.43. The molecule has 1 aliphatic rings. The fourth-order valence-corrected chi connectivity index (χ4v) is 4.24. The minimum absolute atomic E-state index is 0.124. The molecule has 1 amide bonds. The van der Waals surface area contributed by atoms with Crippen LogP contribution in [0.3, 0.4) is 0 Å². The molecule has 28 heavy (non-hydrogen) atoms. The van der Waals surface area contributed by atoms with Crippen LogP contribution in [-0.2, 0) is 9.53 Å². The fraction of sp³-hybridized carbons (Fsp3) is 0.636. The maximum Gasteiger partial charge on any atom is 0.350 e. The highest BCUT2D eigenvalue weighted by Gasteiger charge is 2.33. The molecule has 2 heterocycles. The summed E-state index contributed by atoms with van der Waals surface area (Å²) in [5.74, 6) is 6.11. The van der Waals surface area contributed by atoms with Crippen LogP contribution in [-0.4, -0.2) is 49.6 Å². The second kappa shape index (κ2) is 9.00. The van der Waals surface area contributed by atoms with E-state index >= 15 is 0 Å². The highest BCUT2D eigenvalue weighted by molar-refractivity contribution is 7.15. The Kier molecular flexibility index (Phi) is 7.16. The van der Waals surface area contributed by atoms with Crippen molar-refractivity contribution >= 4 is 28.9 Å². The molecule has 0 bridgehead atoms. The van der Waals surface area contributed by atoms with E-state index in [4.69, 9.17) is 4.74 Å². The van der Waals surface area contributed by atoms with Gasteiger partial charge in [0.2, 0.25) is 5.91 Å². The normalized spacial score (nSPS) is 17.8. The highest BCUT2D eigenvalue weighted by Crippen LogP contribution is 2.33. The number of amides is 1. The van der Waals surface area contributed by atoms with Gasteiger partial charge < -0.3 is 14.5 Å². The van der Waals surface area contributed by atoms with Crippen LogP contribution in [0.5, 0.6) is 0 Å². The van der Waals surface area contributed by atoms with Crippen LogP contribution >= 0.6 is 11.3 Å². The van der Waals surface area contributed by atoms with Crippen molar-refractivity contribution in [1.82, 2.24) is 4.90 Å². The molecule has 0 N–H and O–H groups in total. The summed E-state index contributed by atoms with van der Waals surface area (Å²) < 4.78 is 4.99. The SMILES string of the molecule is COC(=O)c1sc(C#CC(C)(C)C)cc1N(C)[C@@H]1CCCCN(C(C)C)C1=O. The van der Waals surface area contributed by atoms with Crippen molar-refractivity contribution in [3.8, 4) is 11.8 Å². The Hall–Kier alpha value is -2.00. The van der Waals surface area contributed by atoms with Gasteiger partial charge in [0.05, 0.1) is 17.7 Å². The summed E-state index contributed by atoms with van der Waals surface area (Å²) >= 11 is 1.32. The van der Waals surface area contributed by atoms with Crippen LogP contribution in [0.2, 0.25) is 0 Å². The first-order chi connectivity index (χ1) is 13.0. The van der Waals surface area contributed by atoms with Crippen molar-refractivity contribution in [2.24, 2.45) is 5.41 Å². The smallest absolute Gasteiger partial charge is 0.350 e. The Morgan fingerprint density at radius 3 is 2.61 bits per heavy atom. The Morgan fingerprint density at radius 1 is 1.36 bits per heavy atom. The van der Waals surface area contributed by atoms with Gasteiger partial charge in [-0.2, -0.15) is 0 Å². The van der Waals surface area contributed by atoms with Crippen LogP contribution in [0.15, 0.2) is 6.07 Å². The van der Waals surface area contributed by atoms with Gasteiger partial charge >= 0.3 is 5.97 Å². The summed E-state index contributed by atoms with van der Waals surface area (Å²) in [4.78, 5) is 30.7. The molecule has 1 aromatic heterocycles. The van der Waals surface area contributed by atoms with E-state index in [9.17, 15) is 9.59 Å². The number of carbonyl (C=O) groups is 2. The van der Waals surface area contributed by atoms with Crippen molar-refractivity contribution < 1.29 is 14.3 Å².